The summed E-state index contributed by atoms with van der Waals surface area (Å²) in [6.45, 7) is 5.86. The smallest absolute Gasteiger partial charge is 0.273 e. The van der Waals surface area contributed by atoms with Crippen LogP contribution in [0.3, 0.4) is 0 Å². The van der Waals surface area contributed by atoms with Crippen LogP contribution < -0.4 is 0 Å². The first kappa shape index (κ1) is 18.1. The maximum absolute atomic E-state index is 13.0. The van der Waals surface area contributed by atoms with Gasteiger partial charge >= 0.3 is 0 Å². The first-order valence-corrected chi connectivity index (χ1v) is 9.08. The lowest BCUT2D eigenvalue weighted by molar-refractivity contribution is 0.0764. The van der Waals surface area contributed by atoms with Crippen molar-refractivity contribution in [1.82, 2.24) is 15.1 Å². The van der Waals surface area contributed by atoms with Crippen molar-refractivity contribution in [2.75, 3.05) is 6.54 Å². The normalized spacial score (nSPS) is 15.7. The van der Waals surface area contributed by atoms with Crippen LogP contribution in [0.25, 0.3) is 11.3 Å². The number of nitrogens with zero attached hydrogens (tertiary/aromatic N) is 2. The largest absolute Gasteiger partial charge is 0.508 e. The highest BCUT2D eigenvalue weighted by atomic mass is 35.5. The van der Waals surface area contributed by atoms with Crippen molar-refractivity contribution in [3.63, 3.8) is 0 Å². The van der Waals surface area contributed by atoms with Crippen LogP contribution in [0.5, 0.6) is 11.5 Å². The number of amides is 1. The highest BCUT2D eigenvalue weighted by Gasteiger charge is 2.42. The average molecular weight is 396 g/mol. The van der Waals surface area contributed by atoms with Gasteiger partial charge in [-0.15, -0.1) is 6.58 Å². The van der Waals surface area contributed by atoms with Crippen molar-refractivity contribution in [2.24, 2.45) is 0 Å². The lowest BCUT2D eigenvalue weighted by atomic mass is 9.95. The van der Waals surface area contributed by atoms with Crippen LogP contribution >= 0.6 is 11.6 Å². The molecule has 3 N–H and O–H groups in total. The molecule has 0 bridgehead atoms. The van der Waals surface area contributed by atoms with Crippen LogP contribution in [0.1, 0.15) is 33.2 Å². The van der Waals surface area contributed by atoms with Crippen LogP contribution in [0, 0.1) is 6.92 Å². The number of aromatic nitrogens is 2. The lowest BCUT2D eigenvalue weighted by Crippen LogP contribution is -2.29. The van der Waals surface area contributed by atoms with Gasteiger partial charge in [0.2, 0.25) is 0 Å². The third-order valence-electron chi connectivity index (χ3n) is 4.91. The van der Waals surface area contributed by atoms with Crippen LogP contribution in [0.2, 0.25) is 5.02 Å². The maximum Gasteiger partial charge on any atom is 0.273 e. The van der Waals surface area contributed by atoms with Gasteiger partial charge in [0.15, 0.2) is 0 Å². The second-order valence-electron chi connectivity index (χ2n) is 6.72. The summed E-state index contributed by atoms with van der Waals surface area (Å²) in [5.41, 5.74) is 3.33. The van der Waals surface area contributed by atoms with Gasteiger partial charge in [-0.05, 0) is 42.3 Å². The van der Waals surface area contributed by atoms with E-state index in [1.165, 1.54) is 0 Å². The highest BCUT2D eigenvalue weighted by Crippen LogP contribution is 2.45. The number of carbonyl (C=O) groups excluding carboxylic acids is 1. The molecule has 0 unspecified atom stereocenters. The van der Waals surface area contributed by atoms with Gasteiger partial charge in [0.1, 0.15) is 22.9 Å². The zero-order valence-electron chi connectivity index (χ0n) is 15.1. The Morgan fingerprint density at radius 3 is 2.82 bits per heavy atom. The minimum Gasteiger partial charge on any atom is -0.508 e. The van der Waals surface area contributed by atoms with Crippen LogP contribution in [0.4, 0.5) is 0 Å². The van der Waals surface area contributed by atoms with E-state index in [9.17, 15) is 15.0 Å². The molecule has 7 heteroatoms. The first-order chi connectivity index (χ1) is 13.4. The standard InChI is InChI=1S/C21H18ClN3O3/c1-3-7-25-20(12-5-4-6-13(26)9-12)17-18(23-24-19(17)21(25)28)14-10-15(22)11(2)8-16(14)27/h3-6,8-10,20,26-27H,1,7H2,2H3,(H,23,24)/t20-/m0/s1. The summed E-state index contributed by atoms with van der Waals surface area (Å²) >= 11 is 6.26. The molecule has 0 spiro atoms. The SMILES string of the molecule is C=CCN1C(=O)c2[nH]nc(-c3cc(Cl)c(C)cc3O)c2[C@@H]1c1cccc(O)c1. The predicted octanol–water partition coefficient (Wildman–Crippen LogP) is 4.18. The number of aryl methyl sites for hydroxylation is 1. The summed E-state index contributed by atoms with van der Waals surface area (Å²) < 4.78 is 0. The van der Waals surface area contributed by atoms with Gasteiger partial charge in [-0.1, -0.05) is 29.8 Å². The zero-order valence-corrected chi connectivity index (χ0v) is 15.9. The number of phenols is 2. The Morgan fingerprint density at radius 2 is 2.11 bits per heavy atom. The molecule has 2 aromatic carbocycles. The van der Waals surface area contributed by atoms with E-state index >= 15 is 0 Å². The molecule has 3 aromatic rings. The number of aromatic hydroxyl groups is 2. The third kappa shape index (κ3) is 2.73. The summed E-state index contributed by atoms with van der Waals surface area (Å²) in [7, 11) is 0. The molecule has 0 aliphatic carbocycles. The number of phenolic OH excluding ortho intramolecular Hbond substituents is 2. The number of nitrogens with one attached hydrogen (secondary N) is 1. The number of rotatable bonds is 4. The topological polar surface area (TPSA) is 89.5 Å². The first-order valence-electron chi connectivity index (χ1n) is 8.71. The fraction of sp³-hybridized carbons (Fsp3) is 0.143. The molecule has 0 saturated heterocycles. The van der Waals surface area contributed by atoms with Crippen molar-refractivity contribution in [3.8, 4) is 22.8 Å². The van der Waals surface area contributed by atoms with Gasteiger partial charge in [-0.2, -0.15) is 5.10 Å². The zero-order chi connectivity index (χ0) is 20.0. The van der Waals surface area contributed by atoms with Crippen LogP contribution in [-0.2, 0) is 0 Å². The minimum absolute atomic E-state index is 0.0282. The molecule has 1 atom stereocenters. The number of carbonyl (C=O) groups is 1. The monoisotopic (exact) mass is 395 g/mol. The van der Waals surface area contributed by atoms with Gasteiger partial charge in [0, 0.05) is 22.7 Å². The summed E-state index contributed by atoms with van der Waals surface area (Å²) in [5.74, 6) is -0.0941. The Hall–Kier alpha value is -3.25. The average Bonchev–Trinajstić information content (AvgIpc) is 3.18. The molecule has 0 saturated carbocycles. The predicted molar refractivity (Wildman–Crippen MR) is 107 cm³/mol. The lowest BCUT2D eigenvalue weighted by Gasteiger charge is -2.25. The van der Waals surface area contributed by atoms with E-state index in [-0.39, 0.29) is 17.4 Å². The number of benzene rings is 2. The number of halogens is 1. The quantitative estimate of drug-likeness (QED) is 0.578. The second-order valence-corrected chi connectivity index (χ2v) is 7.13. The van der Waals surface area contributed by atoms with E-state index in [4.69, 9.17) is 11.6 Å². The molecule has 2 heterocycles. The summed E-state index contributed by atoms with van der Waals surface area (Å²) in [6, 6.07) is 9.47. The number of hydrogen-bond donors (Lipinski definition) is 3. The molecular weight excluding hydrogens is 378 g/mol. The Balaban J connectivity index is 1.95. The molecule has 142 valence electrons. The molecule has 1 aliphatic heterocycles. The van der Waals surface area contributed by atoms with Crippen molar-refractivity contribution < 1.29 is 15.0 Å². The van der Waals surface area contributed by atoms with E-state index in [0.717, 1.165) is 11.1 Å². The highest BCUT2D eigenvalue weighted by molar-refractivity contribution is 6.31. The van der Waals surface area contributed by atoms with Crippen molar-refractivity contribution in [1.29, 1.82) is 0 Å². The van der Waals surface area contributed by atoms with Crippen molar-refractivity contribution in [3.05, 3.63) is 76.5 Å². The van der Waals surface area contributed by atoms with E-state index in [2.05, 4.69) is 16.8 Å². The molecular formula is C21H18ClN3O3. The van der Waals surface area contributed by atoms with Crippen molar-refractivity contribution >= 4 is 17.5 Å². The Labute approximate surface area is 166 Å². The molecule has 0 radical (unpaired) electrons. The molecule has 1 aromatic heterocycles. The van der Waals surface area contributed by atoms with E-state index in [0.29, 0.717) is 34.1 Å². The van der Waals surface area contributed by atoms with Gasteiger partial charge in [-0.3, -0.25) is 9.89 Å². The fourth-order valence-electron chi connectivity index (χ4n) is 3.63. The number of aromatic amines is 1. The minimum atomic E-state index is -0.485. The van der Waals surface area contributed by atoms with Gasteiger partial charge in [0.05, 0.1) is 6.04 Å². The maximum atomic E-state index is 13.0. The summed E-state index contributed by atoms with van der Waals surface area (Å²) in [6.07, 6.45) is 1.65. The molecule has 0 fully saturated rings. The second kappa shape index (κ2) is 6.73. The molecule has 4 rings (SSSR count). The molecule has 6 nitrogen and oxygen atoms in total. The third-order valence-corrected chi connectivity index (χ3v) is 5.31. The number of H-pyrrole nitrogens is 1. The van der Waals surface area contributed by atoms with Gasteiger partial charge in [-0.25, -0.2) is 0 Å². The molecule has 1 amide bonds. The van der Waals surface area contributed by atoms with E-state index in [1.54, 1.807) is 48.2 Å². The van der Waals surface area contributed by atoms with Crippen LogP contribution in [-0.4, -0.2) is 37.8 Å². The van der Waals surface area contributed by atoms with E-state index in [1.807, 2.05) is 6.07 Å². The van der Waals surface area contributed by atoms with Gasteiger partial charge < -0.3 is 15.1 Å². The summed E-state index contributed by atoms with van der Waals surface area (Å²) in [5, 5.41) is 28.0. The Kier molecular flexibility index (Phi) is 4.35. The van der Waals surface area contributed by atoms with Gasteiger partial charge in [0.25, 0.3) is 5.91 Å². The van der Waals surface area contributed by atoms with Crippen LogP contribution in [0.15, 0.2) is 49.1 Å². The Bertz CT molecular complexity index is 1110. The number of fused-ring (bicyclic) bond motifs is 1. The number of hydrogen-bond acceptors (Lipinski definition) is 4. The molecule has 28 heavy (non-hydrogen) atoms. The fourth-order valence-corrected chi connectivity index (χ4v) is 3.79. The van der Waals surface area contributed by atoms with Crippen molar-refractivity contribution in [2.45, 2.75) is 13.0 Å². The molecule has 1 aliphatic rings. The summed E-state index contributed by atoms with van der Waals surface area (Å²) in [4.78, 5) is 14.6. The van der Waals surface area contributed by atoms with E-state index < -0.39 is 6.04 Å². The Morgan fingerprint density at radius 1 is 1.32 bits per heavy atom.